The molecule has 90 valence electrons. The minimum absolute atomic E-state index is 0.00746. The van der Waals surface area contributed by atoms with Crippen molar-refractivity contribution < 1.29 is 4.79 Å². The maximum atomic E-state index is 11.9. The topological polar surface area (TPSA) is 82.4 Å². The van der Waals surface area contributed by atoms with Crippen LogP contribution in [0.1, 0.15) is 21.7 Å². The summed E-state index contributed by atoms with van der Waals surface area (Å²) in [5.74, 6) is 0.999. The number of aromatic amines is 1. The maximum absolute atomic E-state index is 11.9. The van der Waals surface area contributed by atoms with Gasteiger partial charge in [0.05, 0.1) is 17.4 Å². The number of nitrogens with zero attached hydrogens (tertiary/aromatic N) is 3. The molecule has 0 unspecified atom stereocenters. The number of Topliss-reactive ketones (excluding diaryl/α,β-unsaturated/α-hetero) is 1. The van der Waals surface area contributed by atoms with Crippen LogP contribution in [0.3, 0.4) is 0 Å². The number of carbonyl (C=O) groups is 1. The molecule has 5 nitrogen and oxygen atoms in total. The van der Waals surface area contributed by atoms with E-state index in [0.717, 1.165) is 5.82 Å². The first-order chi connectivity index (χ1) is 8.69. The van der Waals surface area contributed by atoms with Gasteiger partial charge in [-0.2, -0.15) is 5.26 Å². The van der Waals surface area contributed by atoms with Crippen molar-refractivity contribution in [3.05, 3.63) is 41.2 Å². The highest BCUT2D eigenvalue weighted by Crippen LogP contribution is 2.14. The van der Waals surface area contributed by atoms with Crippen molar-refractivity contribution in [1.82, 2.24) is 15.2 Å². The number of benzene rings is 1. The largest absolute Gasteiger partial charge is 0.293 e. The molecule has 1 aromatic heterocycles. The molecule has 0 aliphatic carbocycles. The van der Waals surface area contributed by atoms with Gasteiger partial charge >= 0.3 is 0 Å². The second-order valence-electron chi connectivity index (χ2n) is 3.60. The summed E-state index contributed by atoms with van der Waals surface area (Å²) < 4.78 is 0. The van der Waals surface area contributed by atoms with Gasteiger partial charge in [0.2, 0.25) is 5.16 Å². The lowest BCUT2D eigenvalue weighted by Gasteiger charge is -1.98. The normalized spacial score (nSPS) is 10.0. The van der Waals surface area contributed by atoms with Crippen LogP contribution in [0.5, 0.6) is 0 Å². The quantitative estimate of drug-likeness (QED) is 0.669. The smallest absolute Gasteiger partial charge is 0.208 e. The van der Waals surface area contributed by atoms with Gasteiger partial charge in [0.1, 0.15) is 5.82 Å². The zero-order valence-electron chi connectivity index (χ0n) is 9.67. The number of aromatic nitrogens is 3. The third kappa shape index (κ3) is 2.96. The molecular weight excluding hydrogens is 248 g/mol. The number of hydrogen-bond donors (Lipinski definition) is 1. The van der Waals surface area contributed by atoms with Crippen LogP contribution in [-0.2, 0) is 0 Å². The van der Waals surface area contributed by atoms with Crippen molar-refractivity contribution in [3.63, 3.8) is 0 Å². The van der Waals surface area contributed by atoms with E-state index in [1.54, 1.807) is 31.2 Å². The van der Waals surface area contributed by atoms with E-state index in [0.29, 0.717) is 16.3 Å². The Morgan fingerprint density at radius 2 is 2.17 bits per heavy atom. The van der Waals surface area contributed by atoms with Crippen molar-refractivity contribution in [2.75, 3.05) is 5.75 Å². The van der Waals surface area contributed by atoms with Gasteiger partial charge in [-0.3, -0.25) is 9.89 Å². The second kappa shape index (κ2) is 5.47. The molecule has 0 atom stereocenters. The maximum Gasteiger partial charge on any atom is 0.208 e. The molecule has 0 radical (unpaired) electrons. The van der Waals surface area contributed by atoms with Gasteiger partial charge < -0.3 is 0 Å². The number of rotatable bonds is 4. The molecule has 2 rings (SSSR count). The number of carbonyl (C=O) groups excluding carboxylic acids is 1. The Hall–Kier alpha value is -2.13. The molecule has 0 saturated heterocycles. The number of H-pyrrole nitrogens is 1. The molecule has 2 aromatic rings. The lowest BCUT2D eigenvalue weighted by atomic mass is 10.1. The van der Waals surface area contributed by atoms with Crippen LogP contribution in [0, 0.1) is 18.3 Å². The van der Waals surface area contributed by atoms with Crippen LogP contribution < -0.4 is 0 Å². The van der Waals surface area contributed by atoms with Gasteiger partial charge in [-0.15, -0.1) is 5.10 Å². The molecule has 6 heteroatoms. The summed E-state index contributed by atoms with van der Waals surface area (Å²) in [7, 11) is 0. The van der Waals surface area contributed by atoms with Crippen LogP contribution in [-0.4, -0.2) is 26.7 Å². The summed E-state index contributed by atoms with van der Waals surface area (Å²) in [5, 5.41) is 15.9. The summed E-state index contributed by atoms with van der Waals surface area (Å²) in [6.07, 6.45) is 0. The average molecular weight is 258 g/mol. The van der Waals surface area contributed by atoms with Crippen molar-refractivity contribution in [3.8, 4) is 6.07 Å². The second-order valence-corrected chi connectivity index (χ2v) is 4.55. The van der Waals surface area contributed by atoms with Crippen LogP contribution in [0.2, 0.25) is 0 Å². The Kier molecular flexibility index (Phi) is 3.75. The van der Waals surface area contributed by atoms with Gasteiger partial charge in [-0.05, 0) is 19.1 Å². The molecule has 18 heavy (non-hydrogen) atoms. The van der Waals surface area contributed by atoms with Crippen molar-refractivity contribution >= 4 is 17.5 Å². The fourth-order valence-electron chi connectivity index (χ4n) is 1.33. The first-order valence-electron chi connectivity index (χ1n) is 5.24. The highest BCUT2D eigenvalue weighted by atomic mass is 32.2. The van der Waals surface area contributed by atoms with Crippen molar-refractivity contribution in [1.29, 1.82) is 5.26 Å². The average Bonchev–Trinajstić information content (AvgIpc) is 2.82. The van der Waals surface area contributed by atoms with Gasteiger partial charge in [0.25, 0.3) is 0 Å². The van der Waals surface area contributed by atoms with E-state index in [1.807, 2.05) is 6.07 Å². The summed E-state index contributed by atoms with van der Waals surface area (Å²) in [6, 6.07) is 8.60. The molecule has 0 aliphatic rings. The number of aryl methyl sites for hydroxylation is 1. The minimum Gasteiger partial charge on any atom is -0.293 e. The Balaban J connectivity index is 1.97. The fraction of sp³-hybridized carbons (Fsp3) is 0.167. The fourth-order valence-corrected chi connectivity index (χ4v) is 2.07. The van der Waals surface area contributed by atoms with Gasteiger partial charge in [0, 0.05) is 5.56 Å². The number of nitriles is 1. The Morgan fingerprint density at radius 1 is 1.44 bits per heavy atom. The number of hydrogen-bond acceptors (Lipinski definition) is 5. The van der Waals surface area contributed by atoms with E-state index in [1.165, 1.54) is 11.8 Å². The Morgan fingerprint density at radius 3 is 2.72 bits per heavy atom. The first kappa shape index (κ1) is 12.3. The predicted octanol–water partition coefficient (Wildman–Crippen LogP) is 1.96. The highest BCUT2D eigenvalue weighted by Gasteiger charge is 2.08. The van der Waals surface area contributed by atoms with Crippen molar-refractivity contribution in [2.45, 2.75) is 12.1 Å². The molecule has 0 fully saturated rings. The molecule has 1 N–H and O–H groups in total. The summed E-state index contributed by atoms with van der Waals surface area (Å²) in [6.45, 7) is 1.81. The van der Waals surface area contributed by atoms with Gasteiger partial charge in [-0.1, -0.05) is 23.9 Å². The zero-order chi connectivity index (χ0) is 13.0. The standard InChI is InChI=1S/C12H10N4OS/c1-8-14-12(16-15-8)18-7-11(17)10-4-2-9(6-13)3-5-10/h2-5H,7H2,1H3,(H,14,15,16). The van der Waals surface area contributed by atoms with E-state index < -0.39 is 0 Å². The third-order valence-corrected chi connectivity index (χ3v) is 3.09. The summed E-state index contributed by atoms with van der Waals surface area (Å²) in [5.41, 5.74) is 1.14. The molecule has 0 saturated carbocycles. The minimum atomic E-state index is -0.00746. The summed E-state index contributed by atoms with van der Waals surface area (Å²) >= 11 is 1.29. The van der Waals surface area contributed by atoms with E-state index in [4.69, 9.17) is 5.26 Å². The number of nitrogens with one attached hydrogen (secondary N) is 1. The van der Waals surface area contributed by atoms with E-state index in [-0.39, 0.29) is 11.5 Å². The Labute approximate surface area is 108 Å². The van der Waals surface area contributed by atoms with E-state index in [2.05, 4.69) is 15.2 Å². The molecule has 1 heterocycles. The van der Waals surface area contributed by atoms with Gasteiger partial charge in [0.15, 0.2) is 5.78 Å². The number of thioether (sulfide) groups is 1. The predicted molar refractivity (Wildman–Crippen MR) is 67.3 cm³/mol. The molecule has 0 aliphatic heterocycles. The van der Waals surface area contributed by atoms with E-state index >= 15 is 0 Å². The SMILES string of the molecule is Cc1nc(SCC(=O)c2ccc(C#N)cc2)n[nH]1. The molecule has 0 spiro atoms. The van der Waals surface area contributed by atoms with Crippen molar-refractivity contribution in [2.24, 2.45) is 0 Å². The number of ketones is 1. The van der Waals surface area contributed by atoms with Crippen LogP contribution in [0.25, 0.3) is 0 Å². The molecular formula is C12H10N4OS. The van der Waals surface area contributed by atoms with Crippen LogP contribution in [0.15, 0.2) is 29.4 Å². The lowest BCUT2D eigenvalue weighted by molar-refractivity contribution is 0.102. The van der Waals surface area contributed by atoms with Crippen LogP contribution in [0.4, 0.5) is 0 Å². The highest BCUT2D eigenvalue weighted by molar-refractivity contribution is 7.99. The van der Waals surface area contributed by atoms with E-state index in [9.17, 15) is 4.79 Å². The molecule has 1 aromatic carbocycles. The van der Waals surface area contributed by atoms with Gasteiger partial charge in [-0.25, -0.2) is 4.98 Å². The molecule has 0 bridgehead atoms. The monoisotopic (exact) mass is 258 g/mol. The van der Waals surface area contributed by atoms with Crippen LogP contribution >= 0.6 is 11.8 Å². The third-order valence-electron chi connectivity index (χ3n) is 2.25. The Bertz CT molecular complexity index is 597. The molecule has 0 amide bonds. The summed E-state index contributed by atoms with van der Waals surface area (Å²) in [4.78, 5) is 16.0. The lowest BCUT2D eigenvalue weighted by Crippen LogP contribution is -2.02. The first-order valence-corrected chi connectivity index (χ1v) is 6.23. The zero-order valence-corrected chi connectivity index (χ0v) is 10.5.